The average molecular weight is 536 g/mol. The Morgan fingerprint density at radius 2 is 1.63 bits per heavy atom. The highest BCUT2D eigenvalue weighted by molar-refractivity contribution is 5.94. The number of carbonyl (C=O) groups is 1. The third-order valence-electron chi connectivity index (χ3n) is 5.57. The fourth-order valence-corrected chi connectivity index (χ4v) is 3.44. The van der Waals surface area contributed by atoms with Crippen molar-refractivity contribution in [3.8, 4) is 11.1 Å². The molecule has 0 amide bonds. The van der Waals surface area contributed by atoms with Gasteiger partial charge in [0.15, 0.2) is 5.82 Å². The van der Waals surface area contributed by atoms with Crippen LogP contribution in [0.3, 0.4) is 0 Å². The lowest BCUT2D eigenvalue weighted by Crippen LogP contribution is -2.48. The second-order valence-corrected chi connectivity index (χ2v) is 8.27. The van der Waals surface area contributed by atoms with Crippen LogP contribution in [0.5, 0.6) is 0 Å². The van der Waals surface area contributed by atoms with Gasteiger partial charge in [0.1, 0.15) is 41.2 Å². The van der Waals surface area contributed by atoms with Crippen LogP contribution in [0.15, 0.2) is 54.7 Å². The molecule has 12 heteroatoms. The molecule has 1 aromatic heterocycles. The Hall–Kier alpha value is -3.52. The monoisotopic (exact) mass is 535 g/mol. The van der Waals surface area contributed by atoms with Crippen LogP contribution in [-0.2, 0) is 0 Å². The number of aromatic carboxylic acids is 1. The molecule has 38 heavy (non-hydrogen) atoms. The van der Waals surface area contributed by atoms with Gasteiger partial charge in [-0.2, -0.15) is 0 Å². The number of aromatic nitrogens is 1. The van der Waals surface area contributed by atoms with Gasteiger partial charge >= 0.3 is 5.97 Å². The van der Waals surface area contributed by atoms with Crippen LogP contribution in [0.25, 0.3) is 11.1 Å². The summed E-state index contributed by atoms with van der Waals surface area (Å²) in [5.74, 6) is -2.99. The third kappa shape index (κ3) is 7.74. The lowest BCUT2D eigenvalue weighted by Gasteiger charge is -2.25. The van der Waals surface area contributed by atoms with Gasteiger partial charge in [-0.3, -0.25) is 0 Å². The van der Waals surface area contributed by atoms with Crippen LogP contribution in [0.1, 0.15) is 15.9 Å². The maximum Gasteiger partial charge on any atom is 0.339 e. The van der Waals surface area contributed by atoms with Gasteiger partial charge in [-0.15, -0.1) is 0 Å². The number of carboxylic acid groups (broad SMARTS) is 1. The molecule has 0 aliphatic heterocycles. The predicted octanol–water partition coefficient (Wildman–Crippen LogP) is 1.42. The van der Waals surface area contributed by atoms with Crippen molar-refractivity contribution < 1.29 is 44.2 Å². The Kier molecular flexibility index (Phi) is 11.7. The topological polar surface area (TPSA) is 175 Å². The van der Waals surface area contributed by atoms with E-state index in [9.17, 15) is 18.7 Å². The normalized spacial score (nSPS) is 14.0. The number of anilines is 2. The first-order valence-corrected chi connectivity index (χ1v) is 11.5. The summed E-state index contributed by atoms with van der Waals surface area (Å²) < 4.78 is 29.3. The third-order valence-corrected chi connectivity index (χ3v) is 5.57. The van der Waals surface area contributed by atoms with E-state index < -0.39 is 54.3 Å². The molecule has 0 aliphatic rings. The summed E-state index contributed by atoms with van der Waals surface area (Å²) in [4.78, 5) is 15.1. The molecule has 0 saturated heterocycles. The molecule has 0 radical (unpaired) electrons. The molecule has 3 aromatic rings. The van der Waals surface area contributed by atoms with E-state index in [0.29, 0.717) is 11.1 Å². The van der Waals surface area contributed by atoms with Crippen LogP contribution in [0, 0.1) is 18.6 Å². The van der Waals surface area contributed by atoms with Gasteiger partial charge in [0.05, 0.1) is 12.7 Å². The number of hydrogen-bond acceptors (Lipinski definition) is 9. The number of likely N-dealkylation sites (N-methyl/N-ethyl adjacent to an activating group) is 1. The van der Waals surface area contributed by atoms with Crippen molar-refractivity contribution in [1.29, 1.82) is 0 Å². The van der Waals surface area contributed by atoms with Crippen molar-refractivity contribution in [3.05, 3.63) is 77.5 Å². The molecule has 0 bridgehead atoms. The molecule has 1 heterocycles. The van der Waals surface area contributed by atoms with E-state index in [0.717, 1.165) is 0 Å². The Bertz CT molecular complexity index is 1200. The molecule has 0 saturated carbocycles. The smallest absolute Gasteiger partial charge is 0.339 e. The van der Waals surface area contributed by atoms with E-state index in [-0.39, 0.29) is 23.5 Å². The van der Waals surface area contributed by atoms with Gasteiger partial charge < -0.3 is 41.3 Å². The first-order valence-electron chi connectivity index (χ1n) is 11.5. The SMILES string of the molecule is CNC[C@H](O)[C@@H](O)[C@H](O)[C@H](O)CO.Cc1c(-c2ccccc2)cc(F)c(Nc2ncccc2C(=O)O)c1F. The second-order valence-electron chi connectivity index (χ2n) is 8.27. The standard InChI is InChI=1S/C19H14F2N2O2.C7H17NO5/c1-11-14(12-6-3-2-4-7-12)10-15(20)17(16(11)21)23-18-13(19(24)25)8-5-9-22-18;1-8-2-4(10)6(12)7(13)5(11)3-9/h2-10H,1H3,(H,22,23)(H,24,25);4-13H,2-3H2,1H3/t;4-,5+,6+,7+/m.0/s1. The van der Waals surface area contributed by atoms with Gasteiger partial charge in [-0.05, 0) is 48.9 Å². The Morgan fingerprint density at radius 1 is 1.00 bits per heavy atom. The number of rotatable bonds is 10. The Labute approximate surface area is 217 Å². The van der Waals surface area contributed by atoms with Crippen molar-refractivity contribution in [2.75, 3.05) is 25.5 Å². The molecule has 8 N–H and O–H groups in total. The summed E-state index contributed by atoms with van der Waals surface area (Å²) in [6.07, 6.45) is -4.30. The summed E-state index contributed by atoms with van der Waals surface area (Å²) in [5.41, 5.74) is 0.765. The van der Waals surface area contributed by atoms with E-state index >= 15 is 0 Å². The zero-order valence-electron chi connectivity index (χ0n) is 20.7. The van der Waals surface area contributed by atoms with Crippen molar-refractivity contribution in [3.63, 3.8) is 0 Å². The fraction of sp³-hybridized carbons (Fsp3) is 0.308. The minimum Gasteiger partial charge on any atom is -0.478 e. The number of aliphatic hydroxyl groups excluding tert-OH is 5. The van der Waals surface area contributed by atoms with Crippen LogP contribution < -0.4 is 10.6 Å². The highest BCUT2D eigenvalue weighted by Gasteiger charge is 2.29. The number of pyridine rings is 1. The van der Waals surface area contributed by atoms with Crippen LogP contribution in [0.2, 0.25) is 0 Å². The zero-order chi connectivity index (χ0) is 28.4. The quantitative estimate of drug-likeness (QED) is 0.190. The maximum absolute atomic E-state index is 14.7. The van der Waals surface area contributed by atoms with Crippen LogP contribution in [-0.4, -0.2) is 86.2 Å². The molecule has 0 unspecified atom stereocenters. The summed E-state index contributed by atoms with van der Waals surface area (Å²) in [6.45, 7) is 0.972. The molecule has 0 aliphatic carbocycles. The molecule has 2 aromatic carbocycles. The number of carboxylic acids is 1. The van der Waals surface area contributed by atoms with Crippen LogP contribution >= 0.6 is 0 Å². The summed E-state index contributed by atoms with van der Waals surface area (Å²) in [7, 11) is 1.57. The van der Waals surface area contributed by atoms with Crippen molar-refractivity contribution in [1.82, 2.24) is 10.3 Å². The van der Waals surface area contributed by atoms with E-state index in [2.05, 4.69) is 15.6 Å². The molecule has 206 valence electrons. The number of halogens is 2. The zero-order valence-corrected chi connectivity index (χ0v) is 20.7. The second kappa shape index (κ2) is 14.4. The van der Waals surface area contributed by atoms with Gasteiger partial charge in [0.2, 0.25) is 0 Å². The Morgan fingerprint density at radius 3 is 2.21 bits per heavy atom. The first kappa shape index (κ1) is 30.7. The number of nitrogens with zero attached hydrogens (tertiary/aromatic N) is 1. The van der Waals surface area contributed by atoms with Crippen molar-refractivity contribution >= 4 is 17.5 Å². The van der Waals surface area contributed by atoms with Gasteiger partial charge in [0.25, 0.3) is 0 Å². The summed E-state index contributed by atoms with van der Waals surface area (Å²) >= 11 is 0. The van der Waals surface area contributed by atoms with E-state index in [4.69, 9.17) is 25.5 Å². The average Bonchev–Trinajstić information content (AvgIpc) is 2.92. The van der Waals surface area contributed by atoms with Crippen molar-refractivity contribution in [2.24, 2.45) is 0 Å². The van der Waals surface area contributed by atoms with E-state index in [1.165, 1.54) is 24.4 Å². The first-order chi connectivity index (χ1) is 18.0. The Balaban J connectivity index is 0.000000332. The predicted molar refractivity (Wildman–Crippen MR) is 136 cm³/mol. The van der Waals surface area contributed by atoms with E-state index in [1.54, 1.807) is 38.2 Å². The molecule has 4 atom stereocenters. The number of hydrogen-bond donors (Lipinski definition) is 8. The number of aliphatic hydroxyl groups is 5. The highest BCUT2D eigenvalue weighted by atomic mass is 19.1. The number of nitrogens with one attached hydrogen (secondary N) is 2. The molecular weight excluding hydrogens is 504 g/mol. The molecule has 0 fully saturated rings. The van der Waals surface area contributed by atoms with Gasteiger partial charge in [-0.25, -0.2) is 18.6 Å². The van der Waals surface area contributed by atoms with Crippen LogP contribution in [0.4, 0.5) is 20.3 Å². The summed E-state index contributed by atoms with van der Waals surface area (Å²) in [5, 5.41) is 59.1. The molecular formula is C26H31F2N3O7. The van der Waals surface area contributed by atoms with E-state index in [1.807, 2.05) is 6.07 Å². The molecule has 0 spiro atoms. The lowest BCUT2D eigenvalue weighted by atomic mass is 9.99. The minimum absolute atomic E-state index is 0.0936. The largest absolute Gasteiger partial charge is 0.478 e. The highest BCUT2D eigenvalue weighted by Crippen LogP contribution is 2.33. The van der Waals surface area contributed by atoms with Crippen molar-refractivity contribution in [2.45, 2.75) is 31.3 Å². The summed E-state index contributed by atoms with van der Waals surface area (Å²) in [6, 6.07) is 12.9. The maximum atomic E-state index is 14.7. The van der Waals surface area contributed by atoms with Gasteiger partial charge in [0, 0.05) is 12.7 Å². The molecule has 3 rings (SSSR count). The minimum atomic E-state index is -1.55. The number of benzene rings is 2. The van der Waals surface area contributed by atoms with Gasteiger partial charge in [-0.1, -0.05) is 30.3 Å². The fourth-order valence-electron chi connectivity index (χ4n) is 3.44. The molecule has 10 nitrogen and oxygen atoms in total. The lowest BCUT2D eigenvalue weighted by molar-refractivity contribution is -0.113.